The molecule has 0 unspecified atom stereocenters. The van der Waals surface area contributed by atoms with Crippen molar-refractivity contribution < 1.29 is 36.7 Å². The Hall–Kier alpha value is -9.72. The van der Waals surface area contributed by atoms with Gasteiger partial charge in [-0.1, -0.05) is 0 Å². The summed E-state index contributed by atoms with van der Waals surface area (Å²) >= 11 is 0. The van der Waals surface area contributed by atoms with Crippen LogP contribution in [0.4, 0.5) is 82.2 Å². The smallest absolute Gasteiger partial charge is 0.323 e. The van der Waals surface area contributed by atoms with E-state index in [1.165, 1.54) is 97.1 Å². The number of rotatable bonds is 8. The molecule has 10 N–H and O–H groups in total. The van der Waals surface area contributed by atoms with Crippen LogP contribution in [0, 0.1) is 23.3 Å². The Kier molecular flexibility index (Phi) is 12.0. The largest absolute Gasteiger partial charge is 0.352 e. The number of aromatic nitrogens is 4. The second-order valence-electron chi connectivity index (χ2n) is 14.8. The highest BCUT2D eigenvalue weighted by Crippen LogP contribution is 2.34. The zero-order chi connectivity index (χ0) is 47.3. The Bertz CT molecular complexity index is 2920. The summed E-state index contributed by atoms with van der Waals surface area (Å²) in [5.41, 5.74) is 3.41. The summed E-state index contributed by atoms with van der Waals surface area (Å²) in [6, 6.07) is 23.9. The fourth-order valence-corrected chi connectivity index (χ4v) is 6.97. The van der Waals surface area contributed by atoms with E-state index >= 15 is 0 Å². The number of nitrogens with one attached hydrogen (secondary N) is 10. The maximum absolute atomic E-state index is 13.7. The van der Waals surface area contributed by atoms with Crippen LogP contribution in [0.2, 0.25) is 0 Å². The minimum absolute atomic E-state index is 0.120. The van der Waals surface area contributed by atoms with Crippen LogP contribution in [-0.2, 0) is 0 Å². The molecule has 0 fully saturated rings. The van der Waals surface area contributed by atoms with Crippen LogP contribution in [0.3, 0.4) is 0 Å². The molecule has 16 nitrogen and oxygen atoms in total. The summed E-state index contributed by atoms with van der Waals surface area (Å²) in [4.78, 5) is 70.6. The summed E-state index contributed by atoms with van der Waals surface area (Å²) in [6.07, 6.45) is 6.31. The molecule has 3 aromatic heterocycles. The topological polar surface area (TPSA) is 222 Å². The maximum atomic E-state index is 13.7. The fourth-order valence-electron chi connectivity index (χ4n) is 6.97. The number of H-pyrrole nitrogens is 2. The molecule has 9 rings (SSSR count). The third kappa shape index (κ3) is 10.1. The summed E-state index contributed by atoms with van der Waals surface area (Å²) in [6.45, 7) is 0. The van der Waals surface area contributed by atoms with Gasteiger partial charge in [-0.25, -0.2) is 46.7 Å². The van der Waals surface area contributed by atoms with E-state index in [4.69, 9.17) is 9.97 Å². The fraction of sp³-hybridized carbons (Fsp3) is 0. The Labute approximate surface area is 381 Å². The lowest BCUT2D eigenvalue weighted by Gasteiger charge is -2.11. The number of halogens is 4. The standard InChI is InChI=1S/C48H34F4N12O4/c49-25-1-9-29(10-2-25)53-45(65)61-41-33-17-19-35(57-33)42(62-46(66)54-30-11-3-26(50)4-12-30)37-21-23-39(59-37)44(64-48(68)56-32-15-7-28(52)8-16-32)40-24-22-38(60-40)43(36-20-18-34(41)58-36)63-47(67)55-31-13-5-27(51)6-14-31/h1-24,57,60H,(H2,53,61,65)(H2,54,62,66)(H2,55,63,67)(H2,56,64,68). The number of carbonyl (C=O) groups is 4. The van der Waals surface area contributed by atoms with Crippen LogP contribution >= 0.6 is 0 Å². The van der Waals surface area contributed by atoms with E-state index in [-0.39, 0.29) is 90.3 Å². The van der Waals surface area contributed by atoms with Gasteiger partial charge in [0.2, 0.25) is 0 Å². The average Bonchev–Trinajstić information content (AvgIpc) is 4.18. The Morgan fingerprint density at radius 2 is 0.515 bits per heavy atom. The van der Waals surface area contributed by atoms with Gasteiger partial charge >= 0.3 is 24.1 Å². The number of carbonyl (C=O) groups excluding carboxylic acids is 4. The molecule has 0 saturated heterocycles. The van der Waals surface area contributed by atoms with Crippen LogP contribution in [0.25, 0.3) is 46.4 Å². The highest BCUT2D eigenvalue weighted by atomic mass is 19.1. The number of anilines is 8. The predicted molar refractivity (Wildman–Crippen MR) is 255 cm³/mol. The van der Waals surface area contributed by atoms with Crippen LogP contribution < -0.4 is 42.5 Å². The number of benzene rings is 4. The summed E-state index contributed by atoms with van der Waals surface area (Å²) in [7, 11) is 0. The van der Waals surface area contributed by atoms with Crippen LogP contribution in [-0.4, -0.2) is 44.1 Å². The molecule has 0 saturated carbocycles. The van der Waals surface area contributed by atoms with Gasteiger partial charge in [0, 0.05) is 22.7 Å². The molecular weight excluding hydrogens is 885 g/mol. The molecule has 0 radical (unpaired) electrons. The van der Waals surface area contributed by atoms with Gasteiger partial charge in [-0.15, -0.1) is 0 Å². The lowest BCUT2D eigenvalue weighted by atomic mass is 10.2. The molecular formula is C48H34F4N12O4. The van der Waals surface area contributed by atoms with Gasteiger partial charge in [0.25, 0.3) is 0 Å². The molecule has 2 aliphatic rings. The molecule has 7 aromatic rings. The number of aromatic amines is 2. The second-order valence-corrected chi connectivity index (χ2v) is 14.8. The molecule has 20 heteroatoms. The quantitative estimate of drug-likeness (QED) is 0.0667. The molecule has 8 bridgehead atoms. The Morgan fingerprint density at radius 1 is 0.309 bits per heavy atom. The molecule has 2 aliphatic heterocycles. The minimum atomic E-state index is -0.737. The minimum Gasteiger partial charge on any atom is -0.352 e. The van der Waals surface area contributed by atoms with E-state index in [9.17, 15) is 36.7 Å². The van der Waals surface area contributed by atoms with Gasteiger partial charge in [-0.05, 0) is 146 Å². The zero-order valence-electron chi connectivity index (χ0n) is 34.9. The highest BCUT2D eigenvalue weighted by molar-refractivity contribution is 6.10. The van der Waals surface area contributed by atoms with E-state index in [0.717, 1.165) is 0 Å². The van der Waals surface area contributed by atoms with Crippen LogP contribution in [0.5, 0.6) is 0 Å². The van der Waals surface area contributed by atoms with Crippen molar-refractivity contribution in [2.45, 2.75) is 0 Å². The van der Waals surface area contributed by atoms with Crippen molar-refractivity contribution in [2.75, 3.05) is 42.5 Å². The first kappa shape index (κ1) is 43.5. The molecule has 0 atom stereocenters. The van der Waals surface area contributed by atoms with Crippen molar-refractivity contribution >= 4 is 116 Å². The monoisotopic (exact) mass is 918 g/mol. The van der Waals surface area contributed by atoms with E-state index < -0.39 is 47.4 Å². The molecule has 8 amide bonds. The Balaban J connectivity index is 1.23. The third-order valence-electron chi connectivity index (χ3n) is 10.1. The van der Waals surface area contributed by atoms with E-state index in [1.54, 1.807) is 48.6 Å². The van der Waals surface area contributed by atoms with Gasteiger partial charge in [-0.3, -0.25) is 0 Å². The van der Waals surface area contributed by atoms with Gasteiger partial charge in [0.1, 0.15) is 23.3 Å². The number of hydrogen-bond donors (Lipinski definition) is 10. The van der Waals surface area contributed by atoms with Crippen molar-refractivity contribution in [3.05, 3.63) is 167 Å². The van der Waals surface area contributed by atoms with E-state index in [1.807, 2.05) is 0 Å². The summed E-state index contributed by atoms with van der Waals surface area (Å²) in [5.74, 6) is -2.03. The summed E-state index contributed by atoms with van der Waals surface area (Å²) in [5, 5.41) is 21.9. The lowest BCUT2D eigenvalue weighted by Crippen LogP contribution is -2.21. The molecule has 0 aliphatic carbocycles. The van der Waals surface area contributed by atoms with Crippen molar-refractivity contribution in [1.29, 1.82) is 0 Å². The zero-order valence-corrected chi connectivity index (χ0v) is 34.9. The van der Waals surface area contributed by atoms with Crippen molar-refractivity contribution in [3.63, 3.8) is 0 Å². The van der Waals surface area contributed by atoms with Crippen molar-refractivity contribution in [2.24, 2.45) is 0 Å². The van der Waals surface area contributed by atoms with E-state index in [2.05, 4.69) is 52.5 Å². The first-order valence-corrected chi connectivity index (χ1v) is 20.4. The maximum Gasteiger partial charge on any atom is 0.323 e. The first-order chi connectivity index (χ1) is 32.9. The average molecular weight is 919 g/mol. The summed E-state index contributed by atoms with van der Waals surface area (Å²) < 4.78 is 54.9. The number of nitrogens with zero attached hydrogens (tertiary/aromatic N) is 2. The molecule has 338 valence electrons. The van der Waals surface area contributed by atoms with E-state index in [0.29, 0.717) is 0 Å². The highest BCUT2D eigenvalue weighted by Gasteiger charge is 2.20. The van der Waals surface area contributed by atoms with Crippen LogP contribution in [0.15, 0.2) is 121 Å². The van der Waals surface area contributed by atoms with Gasteiger partial charge < -0.3 is 52.5 Å². The van der Waals surface area contributed by atoms with Gasteiger partial charge in [0.15, 0.2) is 0 Å². The van der Waals surface area contributed by atoms with Crippen LogP contribution in [0.1, 0.15) is 22.8 Å². The normalized spacial score (nSPS) is 11.4. The SMILES string of the molecule is O=C(Nc1ccc(F)cc1)Nc1c2nc(c(NC(=O)Nc3ccc(F)cc3)c3ccc([nH]3)c(NC(=O)Nc3ccc(F)cc3)c3nc(c(NC(=O)Nc4ccc(F)cc4)c4ccc1[nH]4)C=C3)C=C2. The van der Waals surface area contributed by atoms with Crippen molar-refractivity contribution in [1.82, 2.24) is 19.9 Å². The number of urea groups is 4. The Morgan fingerprint density at radius 3 is 0.721 bits per heavy atom. The number of hydrogen-bond acceptors (Lipinski definition) is 6. The molecule has 5 heterocycles. The number of fused-ring (bicyclic) bond motifs is 8. The third-order valence-corrected chi connectivity index (χ3v) is 10.1. The lowest BCUT2D eigenvalue weighted by molar-refractivity contribution is 0.261. The molecule has 68 heavy (non-hydrogen) atoms. The predicted octanol–water partition coefficient (Wildman–Crippen LogP) is 11.8. The van der Waals surface area contributed by atoms with Gasteiger partial charge in [-0.2, -0.15) is 0 Å². The molecule has 4 aromatic carbocycles. The van der Waals surface area contributed by atoms with Gasteiger partial charge in [0.05, 0.1) is 67.6 Å². The number of amides is 8. The second kappa shape index (κ2) is 18.8. The molecule has 0 spiro atoms. The first-order valence-electron chi connectivity index (χ1n) is 20.4. The van der Waals surface area contributed by atoms with Crippen molar-refractivity contribution in [3.8, 4) is 0 Å².